The van der Waals surface area contributed by atoms with Crippen LogP contribution in [0.2, 0.25) is 5.02 Å². The number of ether oxygens (including phenoxy) is 1. The lowest BCUT2D eigenvalue weighted by molar-refractivity contribution is -0.143. The Hall–Kier alpha value is -2.27. The van der Waals surface area contributed by atoms with E-state index in [-0.39, 0.29) is 29.9 Å². The van der Waals surface area contributed by atoms with E-state index in [9.17, 15) is 13.2 Å². The van der Waals surface area contributed by atoms with Crippen LogP contribution in [0, 0.1) is 5.92 Å². The highest BCUT2D eigenvalue weighted by molar-refractivity contribution is 7.89. The summed E-state index contributed by atoms with van der Waals surface area (Å²) in [5, 5.41) is 5.68. The second-order valence-electron chi connectivity index (χ2n) is 9.96. The van der Waals surface area contributed by atoms with Gasteiger partial charge in [-0.2, -0.15) is 0 Å². The van der Waals surface area contributed by atoms with Crippen LogP contribution in [0.15, 0.2) is 47.4 Å². The predicted octanol–water partition coefficient (Wildman–Crippen LogP) is 4.38. The van der Waals surface area contributed by atoms with Gasteiger partial charge in [-0.15, -0.1) is 0 Å². The average Bonchev–Trinajstić information content (AvgIpc) is 3.29. The quantitative estimate of drug-likeness (QED) is 0.501. The zero-order chi connectivity index (χ0) is 26.8. The smallest absolute Gasteiger partial charge is 0.288 e. The number of halogens is 3. The zero-order valence-electron chi connectivity index (χ0n) is 20.4. The molecule has 2 aromatic rings. The van der Waals surface area contributed by atoms with Gasteiger partial charge >= 0.3 is 0 Å². The summed E-state index contributed by atoms with van der Waals surface area (Å²) in [5.74, 6) is -6.37. The molecule has 2 atom stereocenters. The van der Waals surface area contributed by atoms with Gasteiger partial charge in [0.2, 0.25) is 15.9 Å². The summed E-state index contributed by atoms with van der Waals surface area (Å²) in [6.07, 6.45) is 5.85. The van der Waals surface area contributed by atoms with Crippen molar-refractivity contribution in [3.8, 4) is 5.75 Å². The van der Waals surface area contributed by atoms with Gasteiger partial charge in [0.1, 0.15) is 11.7 Å². The number of hydrogen-bond acceptors (Lipinski definition) is 5. The molecule has 4 N–H and O–H groups in total. The fourth-order valence-corrected chi connectivity index (χ4v) is 6.05. The van der Waals surface area contributed by atoms with Gasteiger partial charge in [0.25, 0.3) is 5.92 Å². The van der Waals surface area contributed by atoms with E-state index in [2.05, 4.69) is 0 Å². The molecular formula is C26H32ClF2N3O4S. The highest BCUT2D eigenvalue weighted by Crippen LogP contribution is 2.46. The normalized spacial score (nSPS) is 20.1. The Morgan fingerprint density at radius 1 is 1.11 bits per heavy atom. The number of nitrogens with two attached hydrogens (primary N) is 2. The first kappa shape index (κ1) is 27.8. The number of likely N-dealkylation sites (tertiary alicyclic amines) is 1. The molecule has 0 bridgehead atoms. The van der Waals surface area contributed by atoms with E-state index in [1.807, 2.05) is 0 Å². The van der Waals surface area contributed by atoms with Crippen molar-refractivity contribution in [3.05, 3.63) is 58.6 Å². The molecule has 1 amide bonds. The molecular weight excluding hydrogens is 524 g/mol. The maximum atomic E-state index is 16.2. The van der Waals surface area contributed by atoms with E-state index in [0.29, 0.717) is 18.9 Å². The molecule has 2 aromatic carbocycles. The second kappa shape index (κ2) is 11.2. The first-order valence-corrected chi connectivity index (χ1v) is 14.4. The molecule has 0 unspecified atom stereocenters. The molecule has 1 aliphatic carbocycles. The first-order valence-electron chi connectivity index (χ1n) is 12.4. The third kappa shape index (κ3) is 6.42. The molecule has 1 saturated heterocycles. The predicted molar refractivity (Wildman–Crippen MR) is 137 cm³/mol. The average molecular weight is 556 g/mol. The minimum atomic E-state index is -4.45. The number of alkyl halides is 2. The Morgan fingerprint density at radius 3 is 2.38 bits per heavy atom. The Balaban J connectivity index is 1.79. The monoisotopic (exact) mass is 555 g/mol. The van der Waals surface area contributed by atoms with E-state index < -0.39 is 43.8 Å². The molecule has 1 aliphatic heterocycles. The lowest BCUT2D eigenvalue weighted by Crippen LogP contribution is -2.42. The Labute approximate surface area is 221 Å². The maximum absolute atomic E-state index is 16.2. The van der Waals surface area contributed by atoms with Crippen molar-refractivity contribution < 1.29 is 26.7 Å². The second-order valence-corrected chi connectivity index (χ2v) is 11.9. The summed E-state index contributed by atoms with van der Waals surface area (Å²) in [6.45, 7) is 0.658. The number of carbonyl (C=O) groups is 1. The van der Waals surface area contributed by atoms with Gasteiger partial charge in [0, 0.05) is 29.7 Å². The molecule has 1 saturated carbocycles. The Morgan fingerprint density at radius 2 is 1.78 bits per heavy atom. The van der Waals surface area contributed by atoms with Crippen LogP contribution >= 0.6 is 11.6 Å². The summed E-state index contributed by atoms with van der Waals surface area (Å²) >= 11 is 5.90. The number of amides is 1. The third-order valence-corrected chi connectivity index (χ3v) is 8.42. The topological polar surface area (TPSA) is 116 Å². The number of carbonyl (C=O) groups excluding carboxylic acids is 1. The zero-order valence-corrected chi connectivity index (χ0v) is 22.0. The standard InChI is InChI=1S/C26H32ClF2N3O4S/c27-19-8-6-18(7-9-19)26(28,29)24(25(33)32-13-12-20(30)15-32)22-14-21(10-11-23(22)37(31,34)35)36-16-17-4-2-1-3-5-17/h6-11,14,17,20,24H,1-5,12-13,15-16,30H2,(H2,31,34,35)/t20-,24-/m1/s1. The fraction of sp³-hybridized carbons (Fsp3) is 0.500. The lowest BCUT2D eigenvalue weighted by atomic mass is 9.86. The van der Waals surface area contributed by atoms with E-state index in [4.69, 9.17) is 27.2 Å². The number of sulfonamides is 1. The maximum Gasteiger partial charge on any atom is 0.288 e. The summed E-state index contributed by atoms with van der Waals surface area (Å²) in [5.41, 5.74) is 5.05. The Kier molecular flexibility index (Phi) is 8.42. The molecule has 2 aliphatic rings. The summed E-state index contributed by atoms with van der Waals surface area (Å²) in [7, 11) is -4.45. The molecule has 4 rings (SSSR count). The van der Waals surface area contributed by atoms with Crippen LogP contribution in [0.1, 0.15) is 55.6 Å². The van der Waals surface area contributed by atoms with E-state index in [1.165, 1.54) is 35.6 Å². The van der Waals surface area contributed by atoms with Gasteiger partial charge in [-0.25, -0.2) is 22.3 Å². The summed E-state index contributed by atoms with van der Waals surface area (Å²) in [6, 6.07) is 8.22. The number of benzene rings is 2. The molecule has 1 heterocycles. The van der Waals surface area contributed by atoms with Gasteiger partial charge < -0.3 is 15.4 Å². The molecule has 37 heavy (non-hydrogen) atoms. The summed E-state index contributed by atoms with van der Waals surface area (Å²) in [4.78, 5) is 14.4. The number of rotatable bonds is 8. The van der Waals surface area contributed by atoms with Crippen LogP contribution in [0.25, 0.3) is 0 Å². The molecule has 0 radical (unpaired) electrons. The number of nitrogens with zero attached hydrogens (tertiary/aromatic N) is 1. The SMILES string of the molecule is N[C@@H]1CCN(C(=O)[C@@H](c2cc(OCC3CCCCC3)ccc2S(N)(=O)=O)C(F)(F)c2ccc(Cl)cc2)C1. The van der Waals surface area contributed by atoms with Gasteiger partial charge in [-0.3, -0.25) is 4.79 Å². The van der Waals surface area contributed by atoms with E-state index >= 15 is 8.78 Å². The molecule has 202 valence electrons. The molecule has 7 nitrogen and oxygen atoms in total. The van der Waals surface area contributed by atoms with Crippen molar-refractivity contribution in [2.45, 2.75) is 61.3 Å². The van der Waals surface area contributed by atoms with Gasteiger partial charge in [-0.1, -0.05) is 43.0 Å². The van der Waals surface area contributed by atoms with Gasteiger partial charge in [0.15, 0.2) is 0 Å². The molecule has 0 aromatic heterocycles. The third-order valence-electron chi connectivity index (χ3n) is 7.18. The van der Waals surface area contributed by atoms with Crippen molar-refractivity contribution >= 4 is 27.5 Å². The van der Waals surface area contributed by atoms with Crippen molar-refractivity contribution in [2.75, 3.05) is 19.7 Å². The number of hydrogen-bond donors (Lipinski definition) is 2. The van der Waals surface area contributed by atoms with Gasteiger partial charge in [0.05, 0.1) is 11.5 Å². The van der Waals surface area contributed by atoms with Gasteiger partial charge in [-0.05, 0) is 61.1 Å². The molecule has 11 heteroatoms. The molecule has 0 spiro atoms. The van der Waals surface area contributed by atoms with Crippen molar-refractivity contribution in [3.63, 3.8) is 0 Å². The van der Waals surface area contributed by atoms with Crippen molar-refractivity contribution in [1.82, 2.24) is 4.90 Å². The van der Waals surface area contributed by atoms with Crippen LogP contribution in [-0.4, -0.2) is 45.0 Å². The minimum Gasteiger partial charge on any atom is -0.493 e. The largest absolute Gasteiger partial charge is 0.493 e. The number of primary sulfonamides is 1. The highest BCUT2D eigenvalue weighted by atomic mass is 35.5. The van der Waals surface area contributed by atoms with Crippen LogP contribution in [0.3, 0.4) is 0 Å². The van der Waals surface area contributed by atoms with Crippen LogP contribution in [0.5, 0.6) is 5.75 Å². The Bertz CT molecular complexity index is 1220. The fourth-order valence-electron chi connectivity index (χ4n) is 5.16. The van der Waals surface area contributed by atoms with Crippen LogP contribution < -0.4 is 15.6 Å². The summed E-state index contributed by atoms with van der Waals surface area (Å²) < 4.78 is 63.4. The van der Waals surface area contributed by atoms with E-state index in [0.717, 1.165) is 43.9 Å². The lowest BCUT2D eigenvalue weighted by Gasteiger charge is -2.31. The van der Waals surface area contributed by atoms with Crippen molar-refractivity contribution in [1.29, 1.82) is 0 Å². The van der Waals surface area contributed by atoms with Crippen molar-refractivity contribution in [2.24, 2.45) is 16.8 Å². The van der Waals surface area contributed by atoms with E-state index in [1.54, 1.807) is 0 Å². The minimum absolute atomic E-state index is 0.0919. The first-order chi connectivity index (χ1) is 17.5. The van der Waals surface area contributed by atoms with Crippen LogP contribution in [0.4, 0.5) is 8.78 Å². The van der Waals surface area contributed by atoms with Crippen LogP contribution in [-0.2, 0) is 20.7 Å². The molecule has 2 fully saturated rings. The highest BCUT2D eigenvalue weighted by Gasteiger charge is 2.50.